The second-order valence-corrected chi connectivity index (χ2v) is 9.06. The van der Waals surface area contributed by atoms with Crippen LogP contribution in [0.25, 0.3) is 6.08 Å². The van der Waals surface area contributed by atoms with Gasteiger partial charge in [0.25, 0.3) is 5.56 Å². The molecule has 1 aliphatic heterocycles. The number of rotatable bonds is 6. The van der Waals surface area contributed by atoms with E-state index in [-0.39, 0.29) is 17.9 Å². The maximum atomic E-state index is 13.7. The Labute approximate surface area is 210 Å². The zero-order chi connectivity index (χ0) is 25.3. The van der Waals surface area contributed by atoms with Crippen LogP contribution in [0.2, 0.25) is 5.02 Å². The van der Waals surface area contributed by atoms with Gasteiger partial charge in [-0.1, -0.05) is 22.9 Å². The van der Waals surface area contributed by atoms with Crippen LogP contribution >= 0.6 is 22.9 Å². The summed E-state index contributed by atoms with van der Waals surface area (Å²) in [6.07, 6.45) is 1.55. The highest BCUT2D eigenvalue weighted by Gasteiger charge is 2.35. The Morgan fingerprint density at radius 3 is 2.69 bits per heavy atom. The molecule has 1 N–H and O–H groups in total. The SMILES string of the molecule is CCOC(=O)C1=C(C)N=c2s/c(=C/c3cc(Cl)ccc3O)c(=O)n2[C@H]1c1cc(OC)ccc1OC. The highest BCUT2D eigenvalue weighted by Crippen LogP contribution is 2.37. The number of halogens is 1. The molecule has 182 valence electrons. The summed E-state index contributed by atoms with van der Waals surface area (Å²) in [7, 11) is 3.04. The largest absolute Gasteiger partial charge is 0.507 e. The Bertz CT molecular complexity index is 1520. The van der Waals surface area contributed by atoms with Crippen molar-refractivity contribution in [1.82, 2.24) is 4.57 Å². The van der Waals surface area contributed by atoms with Crippen molar-refractivity contribution in [1.29, 1.82) is 0 Å². The average Bonchev–Trinajstić information content (AvgIpc) is 3.14. The molecule has 0 aliphatic carbocycles. The van der Waals surface area contributed by atoms with Crippen molar-refractivity contribution < 1.29 is 24.1 Å². The Balaban J connectivity index is 2.04. The van der Waals surface area contributed by atoms with Crippen LogP contribution in [-0.2, 0) is 9.53 Å². The number of carbonyl (C=O) groups is 1. The predicted molar refractivity (Wildman–Crippen MR) is 133 cm³/mol. The molecule has 4 rings (SSSR count). The van der Waals surface area contributed by atoms with Gasteiger partial charge >= 0.3 is 5.97 Å². The van der Waals surface area contributed by atoms with Crippen molar-refractivity contribution in [2.45, 2.75) is 19.9 Å². The Morgan fingerprint density at radius 1 is 1.23 bits per heavy atom. The van der Waals surface area contributed by atoms with Crippen molar-refractivity contribution >= 4 is 35.0 Å². The van der Waals surface area contributed by atoms with Crippen molar-refractivity contribution in [3.05, 3.63) is 83.5 Å². The highest BCUT2D eigenvalue weighted by molar-refractivity contribution is 7.07. The van der Waals surface area contributed by atoms with Crippen LogP contribution in [0.5, 0.6) is 17.2 Å². The molecular weight excluding hydrogens is 492 g/mol. The molecule has 8 nitrogen and oxygen atoms in total. The third kappa shape index (κ3) is 4.56. The summed E-state index contributed by atoms with van der Waals surface area (Å²) in [5.41, 5.74) is 1.19. The standard InChI is InChI=1S/C25H23ClN2O6S/c1-5-34-24(31)21-13(2)27-25-28(22(21)17-12-16(32-3)7-9-19(17)33-4)23(30)20(35-25)11-14-10-15(26)6-8-18(14)29/h6-12,22,29H,5H2,1-4H3/b20-11+/t22-/m0/s1. The van der Waals surface area contributed by atoms with Crippen molar-refractivity contribution in [2.75, 3.05) is 20.8 Å². The molecule has 35 heavy (non-hydrogen) atoms. The van der Waals surface area contributed by atoms with Crippen LogP contribution in [0, 0.1) is 0 Å². The molecule has 0 saturated carbocycles. The van der Waals surface area contributed by atoms with Gasteiger partial charge in [-0.05, 0) is 56.3 Å². The van der Waals surface area contributed by atoms with Gasteiger partial charge in [0.15, 0.2) is 4.80 Å². The maximum Gasteiger partial charge on any atom is 0.338 e. The van der Waals surface area contributed by atoms with E-state index in [0.717, 1.165) is 11.3 Å². The number of benzene rings is 2. The van der Waals surface area contributed by atoms with E-state index < -0.39 is 17.6 Å². The van der Waals surface area contributed by atoms with E-state index in [4.69, 9.17) is 25.8 Å². The summed E-state index contributed by atoms with van der Waals surface area (Å²) in [6, 6.07) is 8.87. The Kier molecular flexibility index (Phi) is 7.00. The number of aromatic nitrogens is 1. The van der Waals surface area contributed by atoms with Gasteiger partial charge in [-0.15, -0.1) is 0 Å². The average molecular weight is 515 g/mol. The normalized spacial score (nSPS) is 15.5. The number of aromatic hydroxyl groups is 1. The molecule has 0 amide bonds. The minimum Gasteiger partial charge on any atom is -0.507 e. The van der Waals surface area contributed by atoms with Gasteiger partial charge in [-0.3, -0.25) is 9.36 Å². The number of thiazole rings is 1. The number of allylic oxidation sites excluding steroid dienone is 1. The lowest BCUT2D eigenvalue weighted by molar-refractivity contribution is -0.139. The molecule has 1 aromatic heterocycles. The fourth-order valence-electron chi connectivity index (χ4n) is 3.92. The van der Waals surface area contributed by atoms with Crippen molar-refractivity contribution in [3.63, 3.8) is 0 Å². The molecule has 3 aromatic rings. The number of fused-ring (bicyclic) bond motifs is 1. The number of esters is 1. The maximum absolute atomic E-state index is 13.7. The molecule has 1 atom stereocenters. The van der Waals surface area contributed by atoms with Gasteiger partial charge in [-0.25, -0.2) is 9.79 Å². The second-order valence-electron chi connectivity index (χ2n) is 7.61. The summed E-state index contributed by atoms with van der Waals surface area (Å²) in [6.45, 7) is 3.57. The number of hydrogen-bond donors (Lipinski definition) is 1. The molecule has 1 aliphatic rings. The lowest BCUT2D eigenvalue weighted by atomic mass is 9.94. The van der Waals surface area contributed by atoms with Gasteiger partial charge in [0.2, 0.25) is 0 Å². The van der Waals surface area contributed by atoms with Gasteiger partial charge < -0.3 is 19.3 Å². The third-order valence-electron chi connectivity index (χ3n) is 5.52. The molecule has 0 spiro atoms. The van der Waals surface area contributed by atoms with E-state index in [1.165, 1.54) is 24.9 Å². The Morgan fingerprint density at radius 2 is 2.00 bits per heavy atom. The first kappa shape index (κ1) is 24.6. The molecule has 0 fully saturated rings. The van der Waals surface area contributed by atoms with Crippen LogP contribution in [0.4, 0.5) is 0 Å². The number of phenolic OH excluding ortho intramolecular Hbond substituents is 1. The van der Waals surface area contributed by atoms with Gasteiger partial charge in [-0.2, -0.15) is 0 Å². The third-order valence-corrected chi connectivity index (χ3v) is 6.74. The summed E-state index contributed by atoms with van der Waals surface area (Å²) >= 11 is 7.22. The fraction of sp³-hybridized carbons (Fsp3) is 0.240. The van der Waals surface area contributed by atoms with Crippen LogP contribution < -0.4 is 24.4 Å². The van der Waals surface area contributed by atoms with Crippen molar-refractivity contribution in [3.8, 4) is 17.2 Å². The number of nitrogens with zero attached hydrogens (tertiary/aromatic N) is 2. The molecular formula is C25H23ClN2O6S. The first-order chi connectivity index (χ1) is 16.8. The fourth-order valence-corrected chi connectivity index (χ4v) is 5.14. The number of carbonyl (C=O) groups excluding carboxylic acids is 1. The smallest absolute Gasteiger partial charge is 0.338 e. The van der Waals surface area contributed by atoms with Crippen LogP contribution in [-0.4, -0.2) is 36.5 Å². The lowest BCUT2D eigenvalue weighted by Crippen LogP contribution is -2.40. The molecule has 10 heteroatoms. The zero-order valence-corrected chi connectivity index (χ0v) is 21.1. The summed E-state index contributed by atoms with van der Waals surface area (Å²) in [5, 5.41) is 10.7. The van der Waals surface area contributed by atoms with Gasteiger partial charge in [0.05, 0.1) is 36.6 Å². The van der Waals surface area contributed by atoms with Crippen LogP contribution in [0.3, 0.4) is 0 Å². The summed E-state index contributed by atoms with van der Waals surface area (Å²) in [4.78, 5) is 31.7. The minimum atomic E-state index is -0.870. The quantitative estimate of drug-likeness (QED) is 0.507. The van der Waals surface area contributed by atoms with Gasteiger partial charge in [0, 0.05) is 16.1 Å². The van der Waals surface area contributed by atoms with E-state index in [1.54, 1.807) is 50.3 Å². The van der Waals surface area contributed by atoms with E-state index in [1.807, 2.05) is 0 Å². The number of methoxy groups -OCH3 is 2. The highest BCUT2D eigenvalue weighted by atomic mass is 35.5. The van der Waals surface area contributed by atoms with E-state index in [0.29, 0.717) is 42.7 Å². The number of ether oxygens (including phenoxy) is 3. The summed E-state index contributed by atoms with van der Waals surface area (Å²) in [5.74, 6) is 0.402. The zero-order valence-electron chi connectivity index (χ0n) is 19.5. The predicted octanol–water partition coefficient (Wildman–Crippen LogP) is 3.17. The minimum absolute atomic E-state index is 0.0188. The monoisotopic (exact) mass is 514 g/mol. The lowest BCUT2D eigenvalue weighted by Gasteiger charge is -2.26. The number of phenols is 1. The topological polar surface area (TPSA) is 99.4 Å². The molecule has 0 unspecified atom stereocenters. The molecule has 2 aromatic carbocycles. The van der Waals surface area contributed by atoms with E-state index in [2.05, 4.69) is 4.99 Å². The second kappa shape index (κ2) is 9.97. The first-order valence-corrected chi connectivity index (χ1v) is 11.9. The van der Waals surface area contributed by atoms with E-state index >= 15 is 0 Å². The van der Waals surface area contributed by atoms with Crippen LogP contribution in [0.1, 0.15) is 31.0 Å². The summed E-state index contributed by atoms with van der Waals surface area (Å²) < 4.78 is 18.1. The molecule has 2 heterocycles. The first-order valence-electron chi connectivity index (χ1n) is 10.7. The van der Waals surface area contributed by atoms with Gasteiger partial charge in [0.1, 0.15) is 23.3 Å². The Hall–Kier alpha value is -3.56. The molecule has 0 saturated heterocycles. The van der Waals surface area contributed by atoms with E-state index in [9.17, 15) is 14.7 Å². The molecule has 0 radical (unpaired) electrons. The van der Waals surface area contributed by atoms with Crippen LogP contribution in [0.15, 0.2) is 57.5 Å². The van der Waals surface area contributed by atoms with Crippen molar-refractivity contribution in [2.24, 2.45) is 4.99 Å². The number of hydrogen-bond acceptors (Lipinski definition) is 8. The molecule has 0 bridgehead atoms.